The van der Waals surface area contributed by atoms with Gasteiger partial charge in [-0.05, 0) is 56.1 Å². The van der Waals surface area contributed by atoms with Crippen LogP contribution >= 0.6 is 0 Å². The summed E-state index contributed by atoms with van der Waals surface area (Å²) in [6.45, 7) is 0. The number of nitrogens with one attached hydrogen (secondary N) is 1. The minimum Gasteiger partial charge on any atom is -0.362 e. The lowest BCUT2D eigenvalue weighted by Gasteiger charge is -2.15. The molecular weight excluding hydrogens is 242 g/mol. The first-order valence-electron chi connectivity index (χ1n) is 9.14. The molecule has 1 aromatic heterocycles. The van der Waals surface area contributed by atoms with Crippen LogP contribution < -0.4 is 0 Å². The van der Waals surface area contributed by atoms with E-state index in [4.69, 9.17) is 0 Å². The molecule has 0 unspecified atom stereocenters. The molecule has 2 aliphatic carbocycles. The lowest BCUT2D eigenvalue weighted by molar-refractivity contribution is 0.506. The van der Waals surface area contributed by atoms with Gasteiger partial charge in [0.1, 0.15) is 0 Å². The Kier molecular flexibility index (Phi) is 5.22. The van der Waals surface area contributed by atoms with Gasteiger partial charge < -0.3 is 4.98 Å². The van der Waals surface area contributed by atoms with E-state index in [2.05, 4.69) is 11.1 Å². The molecule has 0 aromatic carbocycles. The van der Waals surface area contributed by atoms with E-state index in [0.717, 1.165) is 5.92 Å². The van der Waals surface area contributed by atoms with Crippen molar-refractivity contribution < 1.29 is 0 Å². The predicted octanol–water partition coefficient (Wildman–Crippen LogP) is 5.89. The van der Waals surface area contributed by atoms with Gasteiger partial charge in [-0.25, -0.2) is 0 Å². The fourth-order valence-corrected chi connectivity index (χ4v) is 4.15. The van der Waals surface area contributed by atoms with E-state index in [-0.39, 0.29) is 0 Å². The van der Waals surface area contributed by atoms with Crippen LogP contribution in [-0.4, -0.2) is 4.98 Å². The van der Waals surface area contributed by atoms with Crippen LogP contribution in [0.1, 0.15) is 99.9 Å². The van der Waals surface area contributed by atoms with E-state index in [1.165, 1.54) is 89.9 Å². The first-order chi connectivity index (χ1) is 9.93. The van der Waals surface area contributed by atoms with E-state index in [1.54, 1.807) is 17.0 Å². The number of hydrogen-bond acceptors (Lipinski definition) is 0. The molecule has 0 aliphatic heterocycles. The lowest BCUT2D eigenvalue weighted by atomic mass is 9.92. The van der Waals surface area contributed by atoms with Crippen molar-refractivity contribution in [3.05, 3.63) is 23.0 Å². The van der Waals surface area contributed by atoms with Crippen LogP contribution in [0.5, 0.6) is 0 Å². The monoisotopic (exact) mass is 273 g/mol. The maximum atomic E-state index is 3.80. The summed E-state index contributed by atoms with van der Waals surface area (Å²) in [5, 5.41) is 0. The molecule has 0 atom stereocenters. The van der Waals surface area contributed by atoms with E-state index >= 15 is 0 Å². The Hall–Kier alpha value is -0.720. The van der Waals surface area contributed by atoms with Crippen LogP contribution in [0.15, 0.2) is 6.07 Å². The minimum atomic E-state index is 0.818. The number of rotatable bonds is 1. The first-order valence-corrected chi connectivity index (χ1v) is 9.14. The summed E-state index contributed by atoms with van der Waals surface area (Å²) in [6, 6.07) is 2.53. The van der Waals surface area contributed by atoms with E-state index in [1.807, 2.05) is 0 Å². The van der Waals surface area contributed by atoms with Gasteiger partial charge in [0, 0.05) is 11.4 Å². The zero-order chi connectivity index (χ0) is 13.6. The summed E-state index contributed by atoms with van der Waals surface area (Å²) in [5.74, 6) is 0.818. The maximum Gasteiger partial charge on any atom is 0.0183 e. The Bertz CT molecular complexity index is 368. The van der Waals surface area contributed by atoms with E-state index in [9.17, 15) is 0 Å². The second kappa shape index (κ2) is 7.33. The third-order valence-electron chi connectivity index (χ3n) is 5.43. The molecule has 1 heterocycles. The number of fused-ring (bicyclic) bond motifs is 1. The highest BCUT2D eigenvalue weighted by Crippen LogP contribution is 2.32. The summed E-state index contributed by atoms with van der Waals surface area (Å²) in [7, 11) is 0. The summed E-state index contributed by atoms with van der Waals surface area (Å²) in [6.07, 6.45) is 19.9. The van der Waals surface area contributed by atoms with Gasteiger partial charge in [-0.1, -0.05) is 51.4 Å². The number of aromatic nitrogens is 1. The first kappa shape index (κ1) is 14.2. The molecule has 2 aliphatic rings. The Morgan fingerprint density at radius 1 is 0.700 bits per heavy atom. The maximum absolute atomic E-state index is 3.80. The molecule has 1 aromatic rings. The molecule has 1 saturated carbocycles. The Balaban J connectivity index is 1.66. The van der Waals surface area contributed by atoms with Crippen molar-refractivity contribution in [2.24, 2.45) is 0 Å². The molecule has 0 spiro atoms. The lowest BCUT2D eigenvalue weighted by Crippen LogP contribution is -2.01. The van der Waals surface area contributed by atoms with Gasteiger partial charge in [-0.3, -0.25) is 0 Å². The van der Waals surface area contributed by atoms with Gasteiger partial charge in [0.15, 0.2) is 0 Å². The van der Waals surface area contributed by atoms with Crippen LogP contribution in [0.25, 0.3) is 0 Å². The van der Waals surface area contributed by atoms with E-state index < -0.39 is 0 Å². The molecule has 1 fully saturated rings. The van der Waals surface area contributed by atoms with Crippen molar-refractivity contribution in [3.63, 3.8) is 0 Å². The molecule has 0 saturated heterocycles. The quantitative estimate of drug-likeness (QED) is 0.656. The largest absolute Gasteiger partial charge is 0.362 e. The fourth-order valence-electron chi connectivity index (χ4n) is 4.15. The Morgan fingerprint density at radius 3 is 1.95 bits per heavy atom. The predicted molar refractivity (Wildman–Crippen MR) is 86.3 cm³/mol. The van der Waals surface area contributed by atoms with Gasteiger partial charge in [-0.15, -0.1) is 0 Å². The number of hydrogen-bond donors (Lipinski definition) is 1. The third-order valence-corrected chi connectivity index (χ3v) is 5.43. The van der Waals surface area contributed by atoms with Crippen molar-refractivity contribution in [2.75, 3.05) is 0 Å². The van der Waals surface area contributed by atoms with Crippen molar-refractivity contribution in [1.29, 1.82) is 0 Å². The van der Waals surface area contributed by atoms with Crippen molar-refractivity contribution >= 4 is 0 Å². The molecule has 20 heavy (non-hydrogen) atoms. The van der Waals surface area contributed by atoms with E-state index in [0.29, 0.717) is 0 Å². The van der Waals surface area contributed by atoms with Gasteiger partial charge in [0.25, 0.3) is 0 Å². The standard InChI is InChI=1S/C19H31N/c1-2-4-6-8-12-16(11-7-5-3-1)19-15-17-13-9-10-14-18(17)20-19/h15-16,20H,1-14H2. The molecule has 0 amide bonds. The summed E-state index contributed by atoms with van der Waals surface area (Å²) < 4.78 is 0. The van der Waals surface area contributed by atoms with Crippen LogP contribution in [0.4, 0.5) is 0 Å². The van der Waals surface area contributed by atoms with Crippen LogP contribution in [0.2, 0.25) is 0 Å². The minimum absolute atomic E-state index is 0.818. The molecule has 112 valence electrons. The van der Waals surface area contributed by atoms with Crippen LogP contribution in [0, 0.1) is 0 Å². The molecule has 1 nitrogen and oxygen atoms in total. The highest BCUT2D eigenvalue weighted by atomic mass is 14.7. The smallest absolute Gasteiger partial charge is 0.0183 e. The molecule has 0 bridgehead atoms. The SMILES string of the molecule is c1c(C2CCCCCCCCCC2)[nH]c2c1CCCC2. The topological polar surface area (TPSA) is 15.8 Å². The van der Waals surface area contributed by atoms with Gasteiger partial charge in [0.2, 0.25) is 0 Å². The number of aryl methyl sites for hydroxylation is 2. The van der Waals surface area contributed by atoms with Crippen molar-refractivity contribution in [2.45, 2.75) is 95.8 Å². The zero-order valence-corrected chi connectivity index (χ0v) is 13.1. The summed E-state index contributed by atoms with van der Waals surface area (Å²) >= 11 is 0. The molecule has 1 N–H and O–H groups in total. The van der Waals surface area contributed by atoms with Crippen molar-refractivity contribution in [1.82, 2.24) is 4.98 Å². The molecular formula is C19H31N. The third kappa shape index (κ3) is 3.68. The van der Waals surface area contributed by atoms with Crippen LogP contribution in [0.3, 0.4) is 0 Å². The highest BCUT2D eigenvalue weighted by Gasteiger charge is 2.18. The highest BCUT2D eigenvalue weighted by molar-refractivity contribution is 5.30. The zero-order valence-electron chi connectivity index (χ0n) is 13.1. The normalized spacial score (nSPS) is 23.0. The Morgan fingerprint density at radius 2 is 1.30 bits per heavy atom. The van der Waals surface area contributed by atoms with Gasteiger partial charge >= 0.3 is 0 Å². The number of aromatic amines is 1. The fraction of sp³-hybridized carbons (Fsp3) is 0.789. The molecule has 3 rings (SSSR count). The number of H-pyrrole nitrogens is 1. The summed E-state index contributed by atoms with van der Waals surface area (Å²) in [5.41, 5.74) is 4.79. The molecule has 0 radical (unpaired) electrons. The van der Waals surface area contributed by atoms with Crippen molar-refractivity contribution in [3.8, 4) is 0 Å². The van der Waals surface area contributed by atoms with Gasteiger partial charge in [0.05, 0.1) is 0 Å². The average Bonchev–Trinajstić information content (AvgIpc) is 2.87. The second-order valence-electron chi connectivity index (χ2n) is 7.04. The summed E-state index contributed by atoms with van der Waals surface area (Å²) in [4.78, 5) is 3.80. The second-order valence-corrected chi connectivity index (χ2v) is 7.04. The Labute approximate surface area is 124 Å². The molecule has 1 heteroatoms. The average molecular weight is 273 g/mol. The van der Waals surface area contributed by atoms with Crippen LogP contribution in [-0.2, 0) is 12.8 Å². The van der Waals surface area contributed by atoms with Gasteiger partial charge in [-0.2, -0.15) is 0 Å².